The Hall–Kier alpha value is -1.61. The molecule has 0 saturated carbocycles. The Kier molecular flexibility index (Phi) is 2.26. The quantitative estimate of drug-likeness (QED) is 0.836. The molecule has 0 bridgehead atoms. The van der Waals surface area contributed by atoms with E-state index in [9.17, 15) is 0 Å². The summed E-state index contributed by atoms with van der Waals surface area (Å²) in [4.78, 5) is 0. The fourth-order valence-electron chi connectivity index (χ4n) is 2.25. The fourth-order valence-corrected chi connectivity index (χ4v) is 2.25. The maximum atomic E-state index is 8.93. The van der Waals surface area contributed by atoms with Crippen LogP contribution >= 0.6 is 0 Å². The molecule has 1 heterocycles. The first-order valence-corrected chi connectivity index (χ1v) is 5.55. The lowest BCUT2D eigenvalue weighted by Crippen LogP contribution is -1.83. The van der Waals surface area contributed by atoms with Gasteiger partial charge in [0.1, 0.15) is 5.69 Å². The largest absolute Gasteiger partial charge is 0.390 e. The highest BCUT2D eigenvalue weighted by Crippen LogP contribution is 2.28. The second-order valence-electron chi connectivity index (χ2n) is 4.18. The molecule has 82 valence electrons. The van der Waals surface area contributed by atoms with E-state index in [1.165, 1.54) is 24.0 Å². The number of aromatic nitrogens is 1. The van der Waals surface area contributed by atoms with Crippen LogP contribution in [-0.4, -0.2) is 10.3 Å². The van der Waals surface area contributed by atoms with Gasteiger partial charge in [0.05, 0.1) is 6.61 Å². The zero-order valence-electron chi connectivity index (χ0n) is 8.94. The lowest BCUT2D eigenvalue weighted by molar-refractivity contribution is 0.267. The summed E-state index contributed by atoms with van der Waals surface area (Å²) in [7, 11) is 0. The van der Waals surface area contributed by atoms with E-state index in [1.807, 2.05) is 0 Å². The Morgan fingerprint density at radius 1 is 1.19 bits per heavy atom. The van der Waals surface area contributed by atoms with E-state index >= 15 is 0 Å². The smallest absolute Gasteiger partial charge is 0.167 e. The van der Waals surface area contributed by atoms with E-state index in [4.69, 9.17) is 9.63 Å². The molecule has 0 radical (unpaired) electrons. The number of rotatable bonds is 2. The van der Waals surface area contributed by atoms with Crippen LogP contribution in [0.15, 0.2) is 28.8 Å². The minimum absolute atomic E-state index is 0.0750. The monoisotopic (exact) mass is 215 g/mol. The summed E-state index contributed by atoms with van der Waals surface area (Å²) in [5.41, 5.74) is 4.49. The topological polar surface area (TPSA) is 46.3 Å². The summed E-state index contributed by atoms with van der Waals surface area (Å²) in [6.07, 6.45) is 3.59. The van der Waals surface area contributed by atoms with Crippen LogP contribution in [0.4, 0.5) is 0 Å². The van der Waals surface area contributed by atoms with E-state index in [0.717, 1.165) is 17.7 Å². The summed E-state index contributed by atoms with van der Waals surface area (Å²) in [5.74, 6) is 0.735. The van der Waals surface area contributed by atoms with Crippen molar-refractivity contribution in [3.8, 4) is 11.3 Å². The Morgan fingerprint density at radius 3 is 2.88 bits per heavy atom. The van der Waals surface area contributed by atoms with Gasteiger partial charge in [0, 0.05) is 11.6 Å². The van der Waals surface area contributed by atoms with Crippen LogP contribution in [-0.2, 0) is 19.4 Å². The van der Waals surface area contributed by atoms with Crippen molar-refractivity contribution >= 4 is 0 Å². The van der Waals surface area contributed by atoms with Crippen molar-refractivity contribution in [3.05, 3.63) is 41.1 Å². The summed E-state index contributed by atoms with van der Waals surface area (Å²) in [6, 6.07) is 8.19. The molecule has 0 spiro atoms. The van der Waals surface area contributed by atoms with Gasteiger partial charge in [-0.1, -0.05) is 17.3 Å². The van der Waals surface area contributed by atoms with Crippen LogP contribution in [0.25, 0.3) is 11.3 Å². The Balaban J connectivity index is 2.00. The third-order valence-corrected chi connectivity index (χ3v) is 3.10. The third-order valence-electron chi connectivity index (χ3n) is 3.10. The molecule has 2 aromatic rings. The van der Waals surface area contributed by atoms with E-state index in [-0.39, 0.29) is 6.61 Å². The van der Waals surface area contributed by atoms with E-state index < -0.39 is 0 Å². The number of nitrogens with zero attached hydrogens (tertiary/aromatic N) is 1. The maximum Gasteiger partial charge on any atom is 0.167 e. The van der Waals surface area contributed by atoms with Gasteiger partial charge in [-0.05, 0) is 36.5 Å². The van der Waals surface area contributed by atoms with E-state index in [0.29, 0.717) is 5.69 Å². The first kappa shape index (κ1) is 9.60. The number of aryl methyl sites for hydroxylation is 2. The minimum atomic E-state index is -0.0750. The summed E-state index contributed by atoms with van der Waals surface area (Å²) < 4.78 is 5.19. The lowest BCUT2D eigenvalue weighted by Gasteiger charge is -2.00. The van der Waals surface area contributed by atoms with Crippen LogP contribution < -0.4 is 0 Å². The van der Waals surface area contributed by atoms with Gasteiger partial charge in [-0.3, -0.25) is 0 Å². The van der Waals surface area contributed by atoms with E-state index in [2.05, 4.69) is 23.4 Å². The molecule has 0 atom stereocenters. The number of aliphatic hydroxyl groups is 1. The first-order valence-electron chi connectivity index (χ1n) is 5.55. The molecule has 16 heavy (non-hydrogen) atoms. The second-order valence-corrected chi connectivity index (χ2v) is 4.18. The molecule has 0 aliphatic heterocycles. The molecule has 1 aromatic carbocycles. The van der Waals surface area contributed by atoms with Gasteiger partial charge >= 0.3 is 0 Å². The van der Waals surface area contributed by atoms with Gasteiger partial charge in [0.25, 0.3) is 0 Å². The Bertz CT molecular complexity index is 516. The molecule has 1 aromatic heterocycles. The normalized spacial score (nSPS) is 14.1. The van der Waals surface area contributed by atoms with Crippen molar-refractivity contribution in [2.24, 2.45) is 0 Å². The molecular formula is C13H13NO2. The SMILES string of the molecule is OCc1cc(-c2ccc3c(c2)CCC3)on1. The molecule has 3 nitrogen and oxygen atoms in total. The predicted octanol–water partition coefficient (Wildman–Crippen LogP) is 2.32. The second kappa shape index (κ2) is 3.76. The number of hydrogen-bond donors (Lipinski definition) is 1. The van der Waals surface area contributed by atoms with Crippen LogP contribution in [0, 0.1) is 0 Å². The first-order chi connectivity index (χ1) is 7.86. The molecule has 3 heteroatoms. The zero-order valence-corrected chi connectivity index (χ0v) is 8.94. The average Bonchev–Trinajstić information content (AvgIpc) is 2.96. The zero-order chi connectivity index (χ0) is 11.0. The van der Waals surface area contributed by atoms with Crippen LogP contribution in [0.5, 0.6) is 0 Å². The van der Waals surface area contributed by atoms with Gasteiger partial charge in [-0.15, -0.1) is 0 Å². The van der Waals surface area contributed by atoms with Gasteiger partial charge in [-0.2, -0.15) is 0 Å². The summed E-state index contributed by atoms with van der Waals surface area (Å²) in [5, 5.41) is 12.7. The molecule has 1 N–H and O–H groups in total. The standard InChI is InChI=1S/C13H13NO2/c15-8-12-7-13(16-14-12)11-5-4-9-2-1-3-10(9)6-11/h4-7,15H,1-3,8H2. The van der Waals surface area contributed by atoms with Gasteiger partial charge in [-0.25, -0.2) is 0 Å². The highest BCUT2D eigenvalue weighted by atomic mass is 16.5. The maximum absolute atomic E-state index is 8.93. The predicted molar refractivity (Wildman–Crippen MR) is 59.9 cm³/mol. The lowest BCUT2D eigenvalue weighted by atomic mass is 10.0. The molecular weight excluding hydrogens is 202 g/mol. The Labute approximate surface area is 93.7 Å². The van der Waals surface area contributed by atoms with Crippen molar-refractivity contribution in [2.75, 3.05) is 0 Å². The van der Waals surface area contributed by atoms with Crippen LogP contribution in [0.3, 0.4) is 0 Å². The van der Waals surface area contributed by atoms with Crippen LogP contribution in [0.1, 0.15) is 23.2 Å². The summed E-state index contributed by atoms with van der Waals surface area (Å²) in [6.45, 7) is -0.0750. The molecule has 1 aliphatic carbocycles. The number of benzene rings is 1. The minimum Gasteiger partial charge on any atom is -0.390 e. The molecule has 3 rings (SSSR count). The Morgan fingerprint density at radius 2 is 2.06 bits per heavy atom. The van der Waals surface area contributed by atoms with Gasteiger partial charge < -0.3 is 9.63 Å². The van der Waals surface area contributed by atoms with Crippen molar-refractivity contribution in [1.29, 1.82) is 0 Å². The number of aliphatic hydroxyl groups excluding tert-OH is 1. The molecule has 1 aliphatic rings. The van der Waals surface area contributed by atoms with Gasteiger partial charge in [0.15, 0.2) is 5.76 Å². The fraction of sp³-hybridized carbons (Fsp3) is 0.308. The summed E-state index contributed by atoms with van der Waals surface area (Å²) >= 11 is 0. The van der Waals surface area contributed by atoms with Crippen molar-refractivity contribution in [2.45, 2.75) is 25.9 Å². The van der Waals surface area contributed by atoms with E-state index in [1.54, 1.807) is 6.07 Å². The molecule has 0 unspecified atom stereocenters. The third kappa shape index (κ3) is 1.53. The van der Waals surface area contributed by atoms with Crippen molar-refractivity contribution in [1.82, 2.24) is 5.16 Å². The van der Waals surface area contributed by atoms with Gasteiger partial charge in [0.2, 0.25) is 0 Å². The molecule has 0 amide bonds. The van der Waals surface area contributed by atoms with Crippen LogP contribution in [0.2, 0.25) is 0 Å². The molecule has 0 saturated heterocycles. The highest BCUT2D eigenvalue weighted by Gasteiger charge is 2.13. The highest BCUT2D eigenvalue weighted by molar-refractivity contribution is 5.60. The van der Waals surface area contributed by atoms with Crippen molar-refractivity contribution in [3.63, 3.8) is 0 Å². The molecule has 0 fully saturated rings. The number of hydrogen-bond acceptors (Lipinski definition) is 3. The average molecular weight is 215 g/mol. The van der Waals surface area contributed by atoms with Crippen molar-refractivity contribution < 1.29 is 9.63 Å². The number of fused-ring (bicyclic) bond motifs is 1.